The largest absolute Gasteiger partial charge is 0.388 e. The van der Waals surface area contributed by atoms with Gasteiger partial charge >= 0.3 is 0 Å². The first-order valence-electron chi connectivity index (χ1n) is 7.16. The quantitative estimate of drug-likeness (QED) is 0.908. The van der Waals surface area contributed by atoms with Gasteiger partial charge in [0.05, 0.1) is 16.7 Å². The average Bonchev–Trinajstić information content (AvgIpc) is 2.53. The number of nitrogens with zero attached hydrogens (tertiary/aromatic N) is 1. The highest BCUT2D eigenvalue weighted by Gasteiger charge is 2.15. The highest BCUT2D eigenvalue weighted by molar-refractivity contribution is 7.99. The van der Waals surface area contributed by atoms with Crippen molar-refractivity contribution in [2.24, 2.45) is 0 Å². The molecular formula is C15H19N3O2S. The molecule has 2 heterocycles. The molecule has 21 heavy (non-hydrogen) atoms. The molecule has 0 saturated carbocycles. The fourth-order valence-corrected chi connectivity index (χ4v) is 3.51. The van der Waals surface area contributed by atoms with Crippen LogP contribution in [0.25, 0.3) is 10.9 Å². The Bertz CT molecular complexity index is 680. The van der Waals surface area contributed by atoms with Crippen LogP contribution in [0, 0.1) is 0 Å². The maximum absolute atomic E-state index is 12.1. The molecule has 0 amide bonds. The van der Waals surface area contributed by atoms with Crippen LogP contribution in [0.1, 0.15) is 18.7 Å². The Balaban J connectivity index is 1.80. The Morgan fingerprint density at radius 3 is 3.00 bits per heavy atom. The number of rotatable bonds is 4. The number of aromatic amines is 1. The molecule has 1 aliphatic heterocycles. The number of nitrogens with one attached hydrogen (secondary N) is 2. The number of hydrogen-bond acceptors (Lipinski definition) is 5. The number of H-pyrrole nitrogens is 1. The van der Waals surface area contributed by atoms with E-state index >= 15 is 0 Å². The van der Waals surface area contributed by atoms with Crippen molar-refractivity contribution in [2.75, 3.05) is 25.6 Å². The van der Waals surface area contributed by atoms with E-state index in [1.165, 1.54) is 0 Å². The number of anilines is 1. The molecule has 2 N–H and O–H groups in total. The van der Waals surface area contributed by atoms with E-state index in [2.05, 4.69) is 15.3 Å². The normalized spacial score (nSPS) is 16.2. The van der Waals surface area contributed by atoms with Gasteiger partial charge in [-0.1, -0.05) is 0 Å². The lowest BCUT2D eigenvalue weighted by molar-refractivity contribution is 0.1000. The molecule has 0 bridgehead atoms. The molecule has 0 spiro atoms. The first-order chi connectivity index (χ1) is 10.3. The number of ether oxygens (including phenoxy) is 1. The van der Waals surface area contributed by atoms with Gasteiger partial charge in [-0.05, 0) is 31.0 Å². The van der Waals surface area contributed by atoms with Crippen LogP contribution in [0.5, 0.6) is 0 Å². The lowest BCUT2D eigenvalue weighted by atomic mass is 10.2. The molecule has 0 radical (unpaired) electrons. The number of hydrogen-bond donors (Lipinski definition) is 2. The van der Waals surface area contributed by atoms with Gasteiger partial charge in [-0.15, -0.1) is 0 Å². The lowest BCUT2D eigenvalue weighted by Crippen LogP contribution is -2.18. The average molecular weight is 305 g/mol. The van der Waals surface area contributed by atoms with Crippen LogP contribution < -0.4 is 10.9 Å². The van der Waals surface area contributed by atoms with Crippen molar-refractivity contribution in [1.82, 2.24) is 9.97 Å². The molecule has 112 valence electrons. The minimum Gasteiger partial charge on any atom is -0.388 e. The van der Waals surface area contributed by atoms with Crippen LogP contribution in [0.2, 0.25) is 0 Å². The van der Waals surface area contributed by atoms with Crippen LogP contribution >= 0.6 is 11.8 Å². The number of thioether (sulfide) groups is 1. The summed E-state index contributed by atoms with van der Waals surface area (Å²) in [6, 6.07) is 5.60. The Hall–Kier alpha value is -1.53. The second-order valence-corrected chi connectivity index (χ2v) is 6.41. The molecule has 1 aromatic heterocycles. The van der Waals surface area contributed by atoms with E-state index < -0.39 is 0 Å². The highest BCUT2D eigenvalue weighted by Crippen LogP contribution is 2.24. The zero-order valence-electron chi connectivity index (χ0n) is 12.0. The zero-order chi connectivity index (χ0) is 14.7. The zero-order valence-corrected chi connectivity index (χ0v) is 12.8. The van der Waals surface area contributed by atoms with Gasteiger partial charge in [-0.3, -0.25) is 4.79 Å². The summed E-state index contributed by atoms with van der Waals surface area (Å²) >= 11 is 1.85. The van der Waals surface area contributed by atoms with E-state index in [1.807, 2.05) is 37.0 Å². The van der Waals surface area contributed by atoms with Crippen molar-refractivity contribution in [1.29, 1.82) is 0 Å². The van der Waals surface area contributed by atoms with Crippen LogP contribution in [0.15, 0.2) is 23.0 Å². The summed E-state index contributed by atoms with van der Waals surface area (Å²) in [6.07, 6.45) is 2.15. The predicted molar refractivity (Wildman–Crippen MR) is 87.0 cm³/mol. The smallest absolute Gasteiger partial charge is 0.258 e. The predicted octanol–water partition coefficient (Wildman–Crippen LogP) is 2.38. The van der Waals surface area contributed by atoms with E-state index in [4.69, 9.17) is 4.74 Å². The molecule has 6 heteroatoms. The lowest BCUT2D eigenvalue weighted by Gasteiger charge is -2.21. The van der Waals surface area contributed by atoms with E-state index in [9.17, 15) is 4.79 Å². The van der Waals surface area contributed by atoms with E-state index in [0.717, 1.165) is 48.8 Å². The minimum absolute atomic E-state index is 0.0646. The third kappa shape index (κ3) is 3.39. The van der Waals surface area contributed by atoms with Gasteiger partial charge in [0.15, 0.2) is 0 Å². The second-order valence-electron chi connectivity index (χ2n) is 5.12. The molecule has 3 rings (SSSR count). The SMILES string of the molecule is CNc1ccc2c(=O)[nH]c(CSC3CCOCC3)nc2c1. The van der Waals surface area contributed by atoms with Crippen molar-refractivity contribution >= 4 is 28.4 Å². The fourth-order valence-electron chi connectivity index (χ4n) is 2.45. The monoisotopic (exact) mass is 305 g/mol. The Labute approximate surface area is 127 Å². The third-order valence-electron chi connectivity index (χ3n) is 3.67. The van der Waals surface area contributed by atoms with Crippen molar-refractivity contribution in [3.63, 3.8) is 0 Å². The molecule has 1 fully saturated rings. The van der Waals surface area contributed by atoms with Gasteiger partial charge < -0.3 is 15.0 Å². The minimum atomic E-state index is -0.0646. The van der Waals surface area contributed by atoms with Gasteiger partial charge in [0, 0.05) is 31.2 Å². The second kappa shape index (κ2) is 6.49. The van der Waals surface area contributed by atoms with Crippen LogP contribution in [-0.2, 0) is 10.5 Å². The van der Waals surface area contributed by atoms with Gasteiger partial charge in [-0.25, -0.2) is 4.98 Å². The molecule has 0 aliphatic carbocycles. The van der Waals surface area contributed by atoms with E-state index in [0.29, 0.717) is 10.6 Å². The summed E-state index contributed by atoms with van der Waals surface area (Å²) in [5.74, 6) is 1.48. The number of fused-ring (bicyclic) bond motifs is 1. The molecule has 0 unspecified atom stereocenters. The standard InChI is InChI=1S/C15H19N3O2S/c1-16-10-2-3-12-13(8-10)17-14(18-15(12)19)9-21-11-4-6-20-7-5-11/h2-3,8,11,16H,4-7,9H2,1H3,(H,17,18,19). The summed E-state index contributed by atoms with van der Waals surface area (Å²) in [6.45, 7) is 1.68. The van der Waals surface area contributed by atoms with Gasteiger partial charge in [0.25, 0.3) is 5.56 Å². The molecule has 1 saturated heterocycles. The number of benzene rings is 1. The third-order valence-corrected chi connectivity index (χ3v) is 5.05. The first kappa shape index (κ1) is 14.4. The van der Waals surface area contributed by atoms with Crippen molar-refractivity contribution < 1.29 is 4.74 Å². The van der Waals surface area contributed by atoms with Crippen LogP contribution in [0.4, 0.5) is 5.69 Å². The molecular weight excluding hydrogens is 286 g/mol. The maximum Gasteiger partial charge on any atom is 0.258 e. The summed E-state index contributed by atoms with van der Waals surface area (Å²) in [5, 5.41) is 4.30. The highest BCUT2D eigenvalue weighted by atomic mass is 32.2. The van der Waals surface area contributed by atoms with E-state index in [-0.39, 0.29) is 5.56 Å². The van der Waals surface area contributed by atoms with Gasteiger partial charge in [0.2, 0.25) is 0 Å². The molecule has 2 aromatic rings. The summed E-state index contributed by atoms with van der Waals surface area (Å²) in [5.41, 5.74) is 1.64. The van der Waals surface area contributed by atoms with Crippen LogP contribution in [-0.4, -0.2) is 35.5 Å². The summed E-state index contributed by atoms with van der Waals surface area (Å²) in [4.78, 5) is 19.6. The maximum atomic E-state index is 12.1. The fraction of sp³-hybridized carbons (Fsp3) is 0.467. The molecule has 5 nitrogen and oxygen atoms in total. The van der Waals surface area contributed by atoms with Crippen molar-refractivity contribution in [3.05, 3.63) is 34.4 Å². The molecule has 1 aliphatic rings. The molecule has 0 atom stereocenters. The summed E-state index contributed by atoms with van der Waals surface area (Å²) < 4.78 is 5.36. The first-order valence-corrected chi connectivity index (χ1v) is 8.21. The van der Waals surface area contributed by atoms with Crippen LogP contribution in [0.3, 0.4) is 0 Å². The van der Waals surface area contributed by atoms with Crippen molar-refractivity contribution in [3.8, 4) is 0 Å². The van der Waals surface area contributed by atoms with Crippen molar-refractivity contribution in [2.45, 2.75) is 23.8 Å². The van der Waals surface area contributed by atoms with E-state index in [1.54, 1.807) is 0 Å². The van der Waals surface area contributed by atoms with Gasteiger partial charge in [-0.2, -0.15) is 11.8 Å². The Morgan fingerprint density at radius 2 is 2.24 bits per heavy atom. The topological polar surface area (TPSA) is 67.0 Å². The molecule has 1 aromatic carbocycles. The Kier molecular flexibility index (Phi) is 4.45. The summed E-state index contributed by atoms with van der Waals surface area (Å²) in [7, 11) is 1.86. The Morgan fingerprint density at radius 1 is 1.43 bits per heavy atom. The number of aromatic nitrogens is 2. The van der Waals surface area contributed by atoms with Gasteiger partial charge in [0.1, 0.15) is 5.82 Å².